The Balaban J connectivity index is 0.000000473. The first kappa shape index (κ1) is 35.3. The zero-order valence-corrected chi connectivity index (χ0v) is 27.6. The molecule has 3 saturated carbocycles. The summed E-state index contributed by atoms with van der Waals surface area (Å²) in [6, 6.07) is 0. The van der Waals surface area contributed by atoms with Gasteiger partial charge in [-0.25, -0.2) is 0 Å². The third kappa shape index (κ3) is 7.69. The molecule has 1 heteroatoms. The molecule has 3 rings (SSSR count). The van der Waals surface area contributed by atoms with Gasteiger partial charge in [0.25, 0.3) is 0 Å². The van der Waals surface area contributed by atoms with Crippen LogP contribution in [0.4, 0.5) is 0 Å². The summed E-state index contributed by atoms with van der Waals surface area (Å²) in [5.74, 6) is 22.6. The van der Waals surface area contributed by atoms with Crippen molar-refractivity contribution in [1.82, 2.24) is 0 Å². The summed E-state index contributed by atoms with van der Waals surface area (Å²) < 4.78 is 0. The molecule has 3 fully saturated rings. The van der Waals surface area contributed by atoms with Crippen LogP contribution in [-0.4, -0.2) is 0 Å². The van der Waals surface area contributed by atoms with E-state index in [2.05, 4.69) is 104 Å². The molecule has 0 spiro atoms. The average Bonchev–Trinajstić information content (AvgIpc) is 3.20. The SMILES string of the molecule is CC[C]1[C](C)[C](C)[C](C)[C]1C.CC[C]1[C](C)[C](C)[C](C)[C]1C.CC[C]1[C](C)[C](C)[C](C)[C]1C.[Sm]. The van der Waals surface area contributed by atoms with Crippen LogP contribution >= 0.6 is 0 Å². The van der Waals surface area contributed by atoms with Crippen molar-refractivity contribution in [3.8, 4) is 0 Å². The predicted molar refractivity (Wildman–Crippen MR) is 148 cm³/mol. The summed E-state index contributed by atoms with van der Waals surface area (Å²) in [4.78, 5) is 0. The Morgan fingerprint density at radius 1 is 0.265 bits per heavy atom. The molecule has 0 saturated heterocycles. The van der Waals surface area contributed by atoms with Crippen LogP contribution in [0.5, 0.6) is 0 Å². The molecular formula is C33H51Sm. The van der Waals surface area contributed by atoms with Crippen molar-refractivity contribution in [3.05, 3.63) is 88.8 Å². The van der Waals surface area contributed by atoms with Gasteiger partial charge in [0.1, 0.15) is 0 Å². The molecule has 0 atom stereocenters. The molecule has 15 radical (unpaired) electrons. The first-order valence-corrected chi connectivity index (χ1v) is 12.9. The van der Waals surface area contributed by atoms with Crippen molar-refractivity contribution in [1.29, 1.82) is 0 Å². The van der Waals surface area contributed by atoms with Crippen molar-refractivity contribution in [2.45, 2.75) is 123 Å². The fraction of sp³-hybridized carbons (Fsp3) is 0.545. The van der Waals surface area contributed by atoms with Gasteiger partial charge in [-0.05, 0) is 108 Å². The predicted octanol–water partition coefficient (Wildman–Crippen LogP) is 10.1. The summed E-state index contributed by atoms with van der Waals surface area (Å²) in [6.07, 6.45) is 3.52. The molecule has 3 aliphatic rings. The Kier molecular flexibility index (Phi) is 16.3. The molecule has 0 aromatic heterocycles. The second kappa shape index (κ2) is 15.7. The van der Waals surface area contributed by atoms with E-state index in [9.17, 15) is 0 Å². The molecule has 0 amide bonds. The van der Waals surface area contributed by atoms with Crippen molar-refractivity contribution in [2.75, 3.05) is 0 Å². The maximum absolute atomic E-state index is 2.23. The second-order valence-corrected chi connectivity index (χ2v) is 10.00. The van der Waals surface area contributed by atoms with Gasteiger partial charge in [0.15, 0.2) is 0 Å². The minimum absolute atomic E-state index is 0. The molecule has 0 aromatic rings. The summed E-state index contributed by atoms with van der Waals surface area (Å²) in [5, 5.41) is 0. The quantitative estimate of drug-likeness (QED) is 0.304. The average molecular weight is 598 g/mol. The van der Waals surface area contributed by atoms with Crippen LogP contribution in [0.25, 0.3) is 0 Å². The summed E-state index contributed by atoms with van der Waals surface area (Å²) >= 11 is 0. The van der Waals surface area contributed by atoms with Gasteiger partial charge in [-0.3, -0.25) is 0 Å². The van der Waals surface area contributed by atoms with Crippen LogP contribution in [0.2, 0.25) is 0 Å². The van der Waals surface area contributed by atoms with Gasteiger partial charge in [0, 0.05) is 40.4 Å². The second-order valence-electron chi connectivity index (χ2n) is 10.00. The van der Waals surface area contributed by atoms with Gasteiger partial charge in [-0.2, -0.15) is 0 Å². The molecule has 0 nitrogen and oxygen atoms in total. The van der Waals surface area contributed by atoms with Gasteiger partial charge in [-0.1, -0.05) is 104 Å². The number of rotatable bonds is 3. The maximum atomic E-state index is 2.23. The number of hydrogen-bond donors (Lipinski definition) is 0. The third-order valence-electron chi connectivity index (χ3n) is 8.84. The van der Waals surface area contributed by atoms with Crippen LogP contribution < -0.4 is 0 Å². The van der Waals surface area contributed by atoms with Crippen LogP contribution in [0.15, 0.2) is 0 Å². The van der Waals surface area contributed by atoms with Crippen molar-refractivity contribution >= 4 is 0 Å². The Morgan fingerprint density at radius 2 is 0.382 bits per heavy atom. The van der Waals surface area contributed by atoms with Gasteiger partial charge in [0.2, 0.25) is 0 Å². The van der Waals surface area contributed by atoms with Crippen LogP contribution in [0.3, 0.4) is 0 Å². The van der Waals surface area contributed by atoms with Crippen LogP contribution in [0.1, 0.15) is 123 Å². The zero-order chi connectivity index (χ0) is 25.8. The monoisotopic (exact) mass is 599 g/mol. The Hall–Kier alpha value is 1.34. The summed E-state index contributed by atoms with van der Waals surface area (Å²) in [7, 11) is 0. The van der Waals surface area contributed by atoms with E-state index in [1.54, 1.807) is 17.8 Å². The van der Waals surface area contributed by atoms with E-state index in [1.165, 1.54) is 90.3 Å². The fourth-order valence-electron chi connectivity index (χ4n) is 5.48. The van der Waals surface area contributed by atoms with E-state index in [0.717, 1.165) is 0 Å². The van der Waals surface area contributed by atoms with E-state index >= 15 is 0 Å². The largest absolute Gasteiger partial charge is 0.0648 e. The van der Waals surface area contributed by atoms with E-state index < -0.39 is 0 Å². The normalized spacial score (nSPS) is 26.2. The van der Waals surface area contributed by atoms with Crippen molar-refractivity contribution < 1.29 is 40.4 Å². The molecule has 189 valence electrons. The maximum Gasteiger partial charge on any atom is 0 e. The van der Waals surface area contributed by atoms with Gasteiger partial charge < -0.3 is 0 Å². The molecule has 0 N–H and O–H groups in total. The molecule has 0 bridgehead atoms. The van der Waals surface area contributed by atoms with Crippen LogP contribution in [0, 0.1) is 129 Å². The standard InChI is InChI=1S/3C11H17.Sm/c3*1-6-11-9(4)7(2)8(3)10(11)5;/h3*6H2,1-5H3;. The van der Waals surface area contributed by atoms with Crippen LogP contribution in [-0.2, 0) is 0 Å². The Labute approximate surface area is 250 Å². The van der Waals surface area contributed by atoms with E-state index in [4.69, 9.17) is 0 Å². The van der Waals surface area contributed by atoms with Gasteiger partial charge in [0.05, 0.1) is 0 Å². The molecule has 0 heterocycles. The minimum atomic E-state index is 0. The third-order valence-corrected chi connectivity index (χ3v) is 8.84. The molecule has 3 aliphatic carbocycles. The Bertz CT molecular complexity index is 425. The summed E-state index contributed by atoms with van der Waals surface area (Å²) in [6.45, 7) is 33.4. The first-order valence-electron chi connectivity index (χ1n) is 12.9. The molecular weight excluding hydrogens is 547 g/mol. The zero-order valence-electron chi connectivity index (χ0n) is 25.0. The smallest absolute Gasteiger partial charge is 0 e. The van der Waals surface area contributed by atoms with E-state index in [1.807, 2.05) is 0 Å². The van der Waals surface area contributed by atoms with Gasteiger partial charge in [-0.15, -0.1) is 0 Å². The minimum Gasteiger partial charge on any atom is -0.0648 e. The molecule has 0 aromatic carbocycles. The van der Waals surface area contributed by atoms with E-state index in [0.29, 0.717) is 0 Å². The number of hydrogen-bond acceptors (Lipinski definition) is 0. The summed E-state index contributed by atoms with van der Waals surface area (Å²) in [5.41, 5.74) is 0. The Morgan fingerprint density at radius 3 is 0.441 bits per heavy atom. The van der Waals surface area contributed by atoms with Crippen molar-refractivity contribution in [2.24, 2.45) is 0 Å². The molecule has 34 heavy (non-hydrogen) atoms. The van der Waals surface area contributed by atoms with E-state index in [-0.39, 0.29) is 40.4 Å². The first-order chi connectivity index (χ1) is 15.3. The topological polar surface area (TPSA) is 0 Å². The molecule has 0 aliphatic heterocycles. The van der Waals surface area contributed by atoms with Crippen molar-refractivity contribution in [3.63, 3.8) is 0 Å². The van der Waals surface area contributed by atoms with Gasteiger partial charge >= 0.3 is 0 Å². The fourth-order valence-corrected chi connectivity index (χ4v) is 5.48. The molecule has 0 unspecified atom stereocenters.